The van der Waals surface area contributed by atoms with Gasteiger partial charge < -0.3 is 21.1 Å². The Morgan fingerprint density at radius 2 is 2.03 bits per heavy atom. The second-order valence-corrected chi connectivity index (χ2v) is 9.70. The van der Waals surface area contributed by atoms with Crippen LogP contribution in [0.3, 0.4) is 0 Å². The smallest absolute Gasteiger partial charge is 0.225 e. The second kappa shape index (κ2) is 10.4. The number of aromatic nitrogens is 4. The molecule has 1 aliphatic heterocycles. The maximum absolute atomic E-state index is 14.8. The van der Waals surface area contributed by atoms with Gasteiger partial charge in [-0.05, 0) is 44.2 Å². The molecular weight excluding hydrogens is 506 g/mol. The Morgan fingerprint density at radius 3 is 2.70 bits per heavy atom. The van der Waals surface area contributed by atoms with Crippen molar-refractivity contribution in [2.45, 2.75) is 50.4 Å². The van der Waals surface area contributed by atoms with E-state index in [9.17, 15) is 13.6 Å². The molecule has 37 heavy (non-hydrogen) atoms. The number of halogens is 3. The van der Waals surface area contributed by atoms with Crippen LogP contribution >= 0.6 is 11.6 Å². The number of hydrogen-bond acceptors (Lipinski definition) is 8. The number of nitrogens with zero attached hydrogens (tertiary/aromatic N) is 5. The van der Waals surface area contributed by atoms with E-state index in [1.807, 2.05) is 10.6 Å². The molecule has 4 N–H and O–H groups in total. The summed E-state index contributed by atoms with van der Waals surface area (Å²) in [5.41, 5.74) is 6.48. The normalized spacial score (nSPS) is 23.9. The first-order chi connectivity index (χ1) is 17.8. The highest BCUT2D eigenvalue weighted by molar-refractivity contribution is 6.33. The van der Waals surface area contributed by atoms with Crippen molar-refractivity contribution in [3.8, 4) is 6.07 Å². The molecule has 13 heteroatoms. The van der Waals surface area contributed by atoms with Crippen LogP contribution in [0.2, 0.25) is 5.02 Å². The van der Waals surface area contributed by atoms with E-state index in [1.54, 1.807) is 0 Å². The van der Waals surface area contributed by atoms with E-state index in [0.717, 1.165) is 6.07 Å². The van der Waals surface area contributed by atoms with Gasteiger partial charge in [0.25, 0.3) is 0 Å². The van der Waals surface area contributed by atoms with Gasteiger partial charge >= 0.3 is 0 Å². The number of nitrogens with two attached hydrogens (primary N) is 1. The molecule has 1 saturated heterocycles. The largest absolute Gasteiger partial charge is 0.378 e. The average Bonchev–Trinajstić information content (AvgIpc) is 3.24. The van der Waals surface area contributed by atoms with E-state index in [2.05, 4.69) is 25.6 Å². The number of ether oxygens (including phenoxy) is 1. The van der Waals surface area contributed by atoms with Gasteiger partial charge in [-0.15, -0.1) is 0 Å². The van der Waals surface area contributed by atoms with Gasteiger partial charge in [0.05, 0.1) is 41.2 Å². The molecule has 1 aromatic carbocycles. The van der Waals surface area contributed by atoms with Gasteiger partial charge in [0.2, 0.25) is 17.8 Å². The molecule has 194 valence electrons. The third-order valence-corrected chi connectivity index (χ3v) is 7.20. The number of anilines is 3. The lowest BCUT2D eigenvalue weighted by Crippen LogP contribution is -2.39. The zero-order valence-electron chi connectivity index (χ0n) is 19.8. The number of carbonyl (C=O) groups is 1. The first-order valence-electron chi connectivity index (χ1n) is 12.0. The van der Waals surface area contributed by atoms with Crippen LogP contribution in [0.5, 0.6) is 0 Å². The highest BCUT2D eigenvalue weighted by Crippen LogP contribution is 2.38. The van der Waals surface area contributed by atoms with Crippen molar-refractivity contribution in [3.63, 3.8) is 0 Å². The number of nitriles is 1. The lowest BCUT2D eigenvalue weighted by Gasteiger charge is -2.29. The minimum atomic E-state index is -1.19. The van der Waals surface area contributed by atoms with Gasteiger partial charge in [-0.25, -0.2) is 18.7 Å². The molecule has 1 saturated carbocycles. The number of rotatable bonds is 6. The van der Waals surface area contributed by atoms with E-state index in [-0.39, 0.29) is 52.6 Å². The zero-order chi connectivity index (χ0) is 26.1. The van der Waals surface area contributed by atoms with Gasteiger partial charge in [0, 0.05) is 18.6 Å². The van der Waals surface area contributed by atoms with Gasteiger partial charge in [-0.2, -0.15) is 10.2 Å². The maximum atomic E-state index is 14.8. The first kappa shape index (κ1) is 25.1. The predicted octanol–water partition coefficient (Wildman–Crippen LogP) is 3.99. The Balaban J connectivity index is 1.53. The molecule has 5 rings (SSSR count). The summed E-state index contributed by atoms with van der Waals surface area (Å²) >= 11 is 6.28. The molecule has 0 unspecified atom stereocenters. The summed E-state index contributed by atoms with van der Waals surface area (Å²) in [5, 5.41) is 15.1. The average molecular weight is 531 g/mol. The molecule has 10 nitrogen and oxygen atoms in total. The standard InChI is InChI=1S/C24H25ClF2N8O2/c25-15-7-12(9-28)8-16(26)20(15)33-24-32-19-10-30-23(31-18-5-6-37-11-17(18)27)34-22(19)35(24)14-3-1-13(2-4-14)21(29)36/h7-8,10,13-14,17-18H,1-6,11H2,(H2,29,36)(H,32,33)(H,30,31,34)/t13-,14-,17-,18-/m1/s1. The van der Waals surface area contributed by atoms with Crippen molar-refractivity contribution >= 4 is 46.3 Å². The number of hydrogen-bond donors (Lipinski definition) is 3. The maximum Gasteiger partial charge on any atom is 0.225 e. The van der Waals surface area contributed by atoms with Crippen LogP contribution in [0.4, 0.5) is 26.4 Å². The molecule has 2 fully saturated rings. The van der Waals surface area contributed by atoms with Crippen molar-refractivity contribution < 1.29 is 18.3 Å². The van der Waals surface area contributed by atoms with Crippen molar-refractivity contribution in [3.05, 3.63) is 34.7 Å². The van der Waals surface area contributed by atoms with Crippen LogP contribution in [0.15, 0.2) is 18.3 Å². The first-order valence-corrected chi connectivity index (χ1v) is 12.4. The van der Waals surface area contributed by atoms with Crippen molar-refractivity contribution in [2.75, 3.05) is 23.8 Å². The number of carbonyl (C=O) groups excluding carboxylic acids is 1. The van der Waals surface area contributed by atoms with Crippen molar-refractivity contribution in [2.24, 2.45) is 11.7 Å². The molecule has 0 spiro atoms. The Kier molecular flexibility index (Phi) is 7.08. The quantitative estimate of drug-likeness (QED) is 0.434. The van der Waals surface area contributed by atoms with Crippen LogP contribution in [-0.4, -0.2) is 50.9 Å². The molecule has 2 aromatic heterocycles. The molecule has 2 aliphatic rings. The summed E-state index contributed by atoms with van der Waals surface area (Å²) in [6.07, 6.45) is 3.22. The van der Waals surface area contributed by atoms with E-state index in [0.29, 0.717) is 49.9 Å². The van der Waals surface area contributed by atoms with Crippen LogP contribution in [0.1, 0.15) is 43.7 Å². The van der Waals surface area contributed by atoms with E-state index in [1.165, 1.54) is 12.3 Å². The van der Waals surface area contributed by atoms with Gasteiger partial charge in [-0.1, -0.05) is 11.6 Å². The summed E-state index contributed by atoms with van der Waals surface area (Å²) in [6.45, 7) is 0.443. The van der Waals surface area contributed by atoms with Crippen LogP contribution < -0.4 is 16.4 Å². The Morgan fingerprint density at radius 1 is 1.24 bits per heavy atom. The topological polar surface area (TPSA) is 144 Å². The van der Waals surface area contributed by atoms with Crippen LogP contribution in [-0.2, 0) is 9.53 Å². The highest BCUT2D eigenvalue weighted by atomic mass is 35.5. The minimum absolute atomic E-state index is 0.00588. The van der Waals surface area contributed by atoms with Crippen LogP contribution in [0, 0.1) is 23.1 Å². The molecule has 0 bridgehead atoms. The van der Waals surface area contributed by atoms with Gasteiger partial charge in [0.1, 0.15) is 17.5 Å². The zero-order valence-corrected chi connectivity index (χ0v) is 20.5. The lowest BCUT2D eigenvalue weighted by molar-refractivity contribution is -0.122. The monoisotopic (exact) mass is 530 g/mol. The number of imidazole rings is 1. The molecule has 1 amide bonds. The fourth-order valence-corrected chi connectivity index (χ4v) is 5.17. The summed E-state index contributed by atoms with van der Waals surface area (Å²) in [4.78, 5) is 25.2. The minimum Gasteiger partial charge on any atom is -0.378 e. The number of fused-ring (bicyclic) bond motifs is 1. The Labute approximate surface area is 216 Å². The fourth-order valence-electron chi connectivity index (χ4n) is 4.91. The van der Waals surface area contributed by atoms with E-state index >= 15 is 0 Å². The number of benzene rings is 1. The summed E-state index contributed by atoms with van der Waals surface area (Å²) in [7, 11) is 0. The molecule has 1 aliphatic carbocycles. The molecule has 3 aromatic rings. The van der Waals surface area contributed by atoms with Crippen molar-refractivity contribution in [1.82, 2.24) is 19.5 Å². The number of alkyl halides is 1. The molecule has 2 atom stereocenters. The summed E-state index contributed by atoms with van der Waals surface area (Å²) < 4.78 is 36.2. The highest BCUT2D eigenvalue weighted by Gasteiger charge is 2.30. The SMILES string of the molecule is N#Cc1cc(F)c(Nc2nc3cnc(N[C@@H]4CCOC[C@H]4F)nc3n2[C@H]2CC[C@H](C(N)=O)CC2)c(Cl)c1. The van der Waals surface area contributed by atoms with E-state index < -0.39 is 18.0 Å². The Hall–Kier alpha value is -3.56. The Bertz CT molecular complexity index is 1350. The lowest BCUT2D eigenvalue weighted by atomic mass is 9.85. The predicted molar refractivity (Wildman–Crippen MR) is 133 cm³/mol. The third kappa shape index (κ3) is 5.14. The molecular formula is C24H25ClF2N8O2. The molecule has 0 radical (unpaired) electrons. The number of amides is 1. The van der Waals surface area contributed by atoms with E-state index in [4.69, 9.17) is 27.3 Å². The number of primary amides is 1. The number of nitrogens with one attached hydrogen (secondary N) is 2. The van der Waals surface area contributed by atoms with Gasteiger partial charge in [0.15, 0.2) is 5.65 Å². The fraction of sp³-hybridized carbons (Fsp3) is 0.458. The summed E-state index contributed by atoms with van der Waals surface area (Å²) in [6, 6.07) is 3.71. The van der Waals surface area contributed by atoms with Crippen LogP contribution in [0.25, 0.3) is 11.2 Å². The third-order valence-electron chi connectivity index (χ3n) is 6.91. The van der Waals surface area contributed by atoms with Crippen molar-refractivity contribution in [1.29, 1.82) is 5.26 Å². The molecule has 3 heterocycles. The second-order valence-electron chi connectivity index (χ2n) is 9.30. The van der Waals surface area contributed by atoms with Gasteiger partial charge in [-0.3, -0.25) is 9.36 Å². The summed E-state index contributed by atoms with van der Waals surface area (Å²) in [5.74, 6) is -0.728.